The highest BCUT2D eigenvalue weighted by Crippen LogP contribution is 2.17. The average Bonchev–Trinajstić information content (AvgIpc) is 3.11. The number of para-hydroxylation sites is 2. The number of H-pyrrole nitrogens is 1. The third-order valence-electron chi connectivity index (χ3n) is 4.47. The van der Waals surface area contributed by atoms with Crippen LogP contribution in [0.1, 0.15) is 42.8 Å². The lowest BCUT2D eigenvalue weighted by Gasteiger charge is -2.12. The molecule has 0 atom stereocenters. The maximum Gasteiger partial charge on any atom is 0.121 e. The van der Waals surface area contributed by atoms with Crippen molar-refractivity contribution in [1.29, 1.82) is 5.26 Å². The summed E-state index contributed by atoms with van der Waals surface area (Å²) in [5.41, 5.74) is 4.86. The van der Waals surface area contributed by atoms with Gasteiger partial charge in [-0.1, -0.05) is 18.2 Å². The van der Waals surface area contributed by atoms with Gasteiger partial charge in [-0.2, -0.15) is 5.26 Å². The summed E-state index contributed by atoms with van der Waals surface area (Å²) in [6.07, 6.45) is 8.48. The fourth-order valence-electron chi connectivity index (χ4n) is 3.12. The normalized spacial score (nSPS) is 12.7. The van der Waals surface area contributed by atoms with Crippen molar-refractivity contribution < 1.29 is 0 Å². The molecule has 5 heteroatoms. The van der Waals surface area contributed by atoms with Gasteiger partial charge in [-0.3, -0.25) is 4.98 Å². The standard InChI is InChI=1S/C12H14N4.C9H11N/c13-7-3-4-8-14-9-12-15-10-5-1-2-6-11(10)16-12;1-2-6-9-8(4-1)5-3-7-10-9/h1-2,5-6,14H,3-4,8-9H2,(H,15,16);3,5,7H,1-2,4,6H2. The van der Waals surface area contributed by atoms with E-state index >= 15 is 0 Å². The second-order valence-corrected chi connectivity index (χ2v) is 6.46. The number of unbranched alkanes of at least 4 members (excludes halogenated alkanes) is 1. The van der Waals surface area contributed by atoms with Crippen molar-refractivity contribution in [3.05, 3.63) is 59.7 Å². The summed E-state index contributed by atoms with van der Waals surface area (Å²) in [7, 11) is 0. The molecule has 3 aromatic rings. The van der Waals surface area contributed by atoms with E-state index in [1.54, 1.807) is 0 Å². The molecule has 2 heterocycles. The van der Waals surface area contributed by atoms with Gasteiger partial charge in [-0.05, 0) is 62.4 Å². The van der Waals surface area contributed by atoms with Crippen molar-refractivity contribution in [3.63, 3.8) is 0 Å². The SMILES string of the molecule is N#CCCCNCc1nc2ccccc2[nH]1.c1cnc2c(c1)CCCC2. The highest BCUT2D eigenvalue weighted by atomic mass is 15.0. The molecular formula is C21H25N5. The van der Waals surface area contributed by atoms with Crippen molar-refractivity contribution in [2.75, 3.05) is 6.54 Å². The smallest absolute Gasteiger partial charge is 0.121 e. The van der Waals surface area contributed by atoms with Gasteiger partial charge in [-0.15, -0.1) is 0 Å². The van der Waals surface area contributed by atoms with Crippen LogP contribution >= 0.6 is 0 Å². The number of aromatic nitrogens is 3. The third kappa shape index (κ3) is 5.14. The Morgan fingerprint density at radius 2 is 2.00 bits per heavy atom. The zero-order valence-corrected chi connectivity index (χ0v) is 15.0. The van der Waals surface area contributed by atoms with E-state index in [2.05, 4.69) is 32.4 Å². The second kappa shape index (κ2) is 9.69. The van der Waals surface area contributed by atoms with Gasteiger partial charge in [0.1, 0.15) is 5.82 Å². The Bertz CT molecular complexity index is 804. The van der Waals surface area contributed by atoms with Crippen LogP contribution in [0.2, 0.25) is 0 Å². The van der Waals surface area contributed by atoms with Crippen molar-refractivity contribution in [3.8, 4) is 6.07 Å². The van der Waals surface area contributed by atoms with Crippen LogP contribution in [0.15, 0.2) is 42.6 Å². The molecule has 2 N–H and O–H groups in total. The Labute approximate surface area is 154 Å². The minimum atomic E-state index is 0.604. The van der Waals surface area contributed by atoms with Crippen LogP contribution in [0.3, 0.4) is 0 Å². The van der Waals surface area contributed by atoms with Gasteiger partial charge < -0.3 is 10.3 Å². The van der Waals surface area contributed by atoms with Crippen LogP contribution in [0.5, 0.6) is 0 Å². The number of hydrogen-bond donors (Lipinski definition) is 2. The van der Waals surface area contributed by atoms with E-state index in [1.807, 2.05) is 36.5 Å². The molecule has 2 aromatic heterocycles. The largest absolute Gasteiger partial charge is 0.341 e. The summed E-state index contributed by atoms with van der Waals surface area (Å²) in [4.78, 5) is 12.0. The molecule has 0 radical (unpaired) electrons. The van der Waals surface area contributed by atoms with Gasteiger partial charge in [0.05, 0.1) is 23.6 Å². The molecule has 1 aliphatic rings. The fraction of sp³-hybridized carbons (Fsp3) is 0.381. The second-order valence-electron chi connectivity index (χ2n) is 6.46. The van der Waals surface area contributed by atoms with Gasteiger partial charge in [-0.25, -0.2) is 4.98 Å². The Hall–Kier alpha value is -2.71. The Morgan fingerprint density at radius 1 is 1.12 bits per heavy atom. The molecular weight excluding hydrogens is 322 g/mol. The number of pyridine rings is 1. The Morgan fingerprint density at radius 3 is 2.85 bits per heavy atom. The summed E-state index contributed by atoms with van der Waals surface area (Å²) in [6, 6.07) is 14.3. The van der Waals surface area contributed by atoms with Crippen molar-refractivity contribution in [2.24, 2.45) is 0 Å². The molecule has 1 aliphatic carbocycles. The zero-order chi connectivity index (χ0) is 18.0. The number of nitrogens with one attached hydrogen (secondary N) is 2. The number of nitriles is 1. The van der Waals surface area contributed by atoms with Gasteiger partial charge in [0, 0.05) is 18.3 Å². The van der Waals surface area contributed by atoms with Crippen molar-refractivity contribution in [2.45, 2.75) is 45.1 Å². The highest BCUT2D eigenvalue weighted by molar-refractivity contribution is 5.74. The summed E-state index contributed by atoms with van der Waals surface area (Å²) in [5, 5.41) is 11.6. The van der Waals surface area contributed by atoms with E-state index in [4.69, 9.17) is 5.26 Å². The van der Waals surface area contributed by atoms with Crippen LogP contribution in [0, 0.1) is 11.3 Å². The van der Waals surface area contributed by atoms with Crippen molar-refractivity contribution in [1.82, 2.24) is 20.3 Å². The van der Waals surface area contributed by atoms with Gasteiger partial charge in [0.15, 0.2) is 0 Å². The first-order chi connectivity index (χ1) is 12.9. The van der Waals surface area contributed by atoms with E-state index in [1.165, 1.54) is 36.9 Å². The lowest BCUT2D eigenvalue weighted by Crippen LogP contribution is -2.15. The van der Waals surface area contributed by atoms with Crippen LogP contribution in [0.4, 0.5) is 0 Å². The van der Waals surface area contributed by atoms with Crippen LogP contribution in [0.25, 0.3) is 11.0 Å². The zero-order valence-electron chi connectivity index (χ0n) is 15.0. The summed E-state index contributed by atoms with van der Waals surface area (Å²) in [6.45, 7) is 1.57. The van der Waals surface area contributed by atoms with E-state index < -0.39 is 0 Å². The van der Waals surface area contributed by atoms with Crippen LogP contribution in [-0.4, -0.2) is 21.5 Å². The number of hydrogen-bond acceptors (Lipinski definition) is 4. The summed E-state index contributed by atoms with van der Waals surface area (Å²) >= 11 is 0. The number of fused-ring (bicyclic) bond motifs is 2. The highest BCUT2D eigenvalue weighted by Gasteiger charge is 2.07. The number of rotatable bonds is 5. The minimum absolute atomic E-state index is 0.604. The van der Waals surface area contributed by atoms with Crippen LogP contribution in [-0.2, 0) is 19.4 Å². The monoisotopic (exact) mass is 347 g/mol. The van der Waals surface area contributed by atoms with Gasteiger partial charge >= 0.3 is 0 Å². The maximum atomic E-state index is 8.38. The molecule has 0 saturated carbocycles. The molecule has 0 amide bonds. The summed E-state index contributed by atoms with van der Waals surface area (Å²) in [5.74, 6) is 0.943. The van der Waals surface area contributed by atoms with Gasteiger partial charge in [0.2, 0.25) is 0 Å². The fourth-order valence-corrected chi connectivity index (χ4v) is 3.12. The van der Waals surface area contributed by atoms with E-state index in [9.17, 15) is 0 Å². The lowest BCUT2D eigenvalue weighted by molar-refractivity contribution is 0.641. The number of imidazole rings is 1. The number of benzene rings is 1. The van der Waals surface area contributed by atoms with Gasteiger partial charge in [0.25, 0.3) is 0 Å². The lowest BCUT2D eigenvalue weighted by atomic mass is 9.96. The average molecular weight is 347 g/mol. The first-order valence-electron chi connectivity index (χ1n) is 9.31. The minimum Gasteiger partial charge on any atom is -0.341 e. The summed E-state index contributed by atoms with van der Waals surface area (Å²) < 4.78 is 0. The molecule has 5 nitrogen and oxygen atoms in total. The number of aryl methyl sites for hydroxylation is 2. The maximum absolute atomic E-state index is 8.38. The van der Waals surface area contributed by atoms with E-state index in [-0.39, 0.29) is 0 Å². The molecule has 0 saturated heterocycles. The molecule has 134 valence electrons. The third-order valence-corrected chi connectivity index (χ3v) is 4.47. The van der Waals surface area contributed by atoms with Crippen LogP contribution < -0.4 is 5.32 Å². The molecule has 0 bridgehead atoms. The molecule has 4 rings (SSSR count). The predicted octanol–water partition coefficient (Wildman–Crippen LogP) is 3.92. The Kier molecular flexibility index (Phi) is 6.74. The molecule has 26 heavy (non-hydrogen) atoms. The first-order valence-corrected chi connectivity index (χ1v) is 9.31. The molecule has 0 fully saturated rings. The van der Waals surface area contributed by atoms with E-state index in [0.717, 1.165) is 36.4 Å². The molecule has 0 aliphatic heterocycles. The predicted molar refractivity (Wildman–Crippen MR) is 104 cm³/mol. The molecule has 0 spiro atoms. The quantitative estimate of drug-likeness (QED) is 0.686. The molecule has 1 aromatic carbocycles. The number of aromatic amines is 1. The molecule has 0 unspecified atom stereocenters. The first kappa shape index (κ1) is 18.1. The Balaban J connectivity index is 0.000000167. The van der Waals surface area contributed by atoms with E-state index in [0.29, 0.717) is 6.42 Å². The van der Waals surface area contributed by atoms with Crippen molar-refractivity contribution >= 4 is 11.0 Å². The number of nitrogens with zero attached hydrogens (tertiary/aromatic N) is 3. The topological polar surface area (TPSA) is 77.4 Å².